The number of likely N-dealkylation sites (tertiary alicyclic amines) is 1. The first-order valence-corrected chi connectivity index (χ1v) is 10.1. The van der Waals surface area contributed by atoms with E-state index in [1.54, 1.807) is 6.07 Å². The van der Waals surface area contributed by atoms with Gasteiger partial charge in [0.15, 0.2) is 5.82 Å². The molecule has 2 aromatic heterocycles. The van der Waals surface area contributed by atoms with E-state index in [0.29, 0.717) is 23.9 Å². The molecule has 28 heavy (non-hydrogen) atoms. The van der Waals surface area contributed by atoms with Crippen LogP contribution in [0, 0.1) is 5.82 Å². The minimum atomic E-state index is -0.298. The largest absolute Gasteiger partial charge is 0.423 e. The molecule has 0 saturated carbocycles. The van der Waals surface area contributed by atoms with E-state index >= 15 is 0 Å². The number of halogens is 1. The number of rotatable bonds is 4. The van der Waals surface area contributed by atoms with E-state index in [0.717, 1.165) is 69.1 Å². The van der Waals surface area contributed by atoms with Crippen LogP contribution in [-0.4, -0.2) is 44.8 Å². The monoisotopic (exact) mass is 385 g/mol. The molecule has 7 nitrogen and oxygen atoms in total. The van der Waals surface area contributed by atoms with Crippen LogP contribution in [0.3, 0.4) is 0 Å². The first kappa shape index (κ1) is 17.8. The van der Waals surface area contributed by atoms with Crippen molar-refractivity contribution in [2.75, 3.05) is 19.8 Å². The zero-order chi connectivity index (χ0) is 18.9. The molecule has 4 heterocycles. The number of benzene rings is 1. The van der Waals surface area contributed by atoms with Crippen molar-refractivity contribution in [1.82, 2.24) is 25.1 Å². The molecule has 1 aromatic carbocycles. The van der Waals surface area contributed by atoms with Crippen LogP contribution in [0.2, 0.25) is 0 Å². The zero-order valence-corrected chi connectivity index (χ0v) is 15.7. The van der Waals surface area contributed by atoms with E-state index in [2.05, 4.69) is 25.1 Å². The van der Waals surface area contributed by atoms with Gasteiger partial charge in [0.1, 0.15) is 11.3 Å². The number of piperidine rings is 1. The van der Waals surface area contributed by atoms with Gasteiger partial charge in [0.05, 0.1) is 18.1 Å². The molecule has 1 N–H and O–H groups in total. The minimum Gasteiger partial charge on any atom is -0.423 e. The van der Waals surface area contributed by atoms with Crippen molar-refractivity contribution in [3.8, 4) is 0 Å². The molecule has 8 heteroatoms. The molecule has 0 bridgehead atoms. The number of imidazole rings is 1. The Kier molecular flexibility index (Phi) is 4.82. The number of aromatic amines is 1. The number of H-pyrrole nitrogens is 1. The SMILES string of the molecule is Fc1cccc2[nH]c(CN3CCCC[C@@H]3c3nnc(C4CCOCC4)o3)nc12. The second-order valence-electron chi connectivity index (χ2n) is 7.67. The topological polar surface area (TPSA) is 80.1 Å². The van der Waals surface area contributed by atoms with E-state index < -0.39 is 0 Å². The molecule has 0 radical (unpaired) electrons. The lowest BCUT2D eigenvalue weighted by Gasteiger charge is -2.32. The summed E-state index contributed by atoms with van der Waals surface area (Å²) in [6.07, 6.45) is 5.09. The van der Waals surface area contributed by atoms with Gasteiger partial charge in [0.25, 0.3) is 0 Å². The average Bonchev–Trinajstić information content (AvgIpc) is 3.37. The number of hydrogen-bond donors (Lipinski definition) is 1. The number of aromatic nitrogens is 4. The summed E-state index contributed by atoms with van der Waals surface area (Å²) in [6, 6.07) is 5.06. The second-order valence-corrected chi connectivity index (χ2v) is 7.67. The molecular weight excluding hydrogens is 361 g/mol. The quantitative estimate of drug-likeness (QED) is 0.738. The number of nitrogens with zero attached hydrogens (tertiary/aromatic N) is 4. The van der Waals surface area contributed by atoms with Gasteiger partial charge in [-0.25, -0.2) is 9.37 Å². The van der Waals surface area contributed by atoms with E-state index in [1.165, 1.54) is 6.07 Å². The molecule has 0 spiro atoms. The number of nitrogens with one attached hydrogen (secondary N) is 1. The van der Waals surface area contributed by atoms with Crippen molar-refractivity contribution in [2.45, 2.75) is 50.6 Å². The van der Waals surface area contributed by atoms with Crippen LogP contribution >= 0.6 is 0 Å². The second kappa shape index (κ2) is 7.60. The van der Waals surface area contributed by atoms with Crippen LogP contribution < -0.4 is 0 Å². The van der Waals surface area contributed by atoms with Crippen molar-refractivity contribution in [2.24, 2.45) is 0 Å². The van der Waals surface area contributed by atoms with E-state index in [4.69, 9.17) is 9.15 Å². The van der Waals surface area contributed by atoms with Gasteiger partial charge in [-0.1, -0.05) is 12.5 Å². The van der Waals surface area contributed by atoms with Crippen molar-refractivity contribution in [3.05, 3.63) is 41.6 Å². The Hall–Kier alpha value is -2.32. The fraction of sp³-hybridized carbons (Fsp3) is 0.550. The van der Waals surface area contributed by atoms with Gasteiger partial charge in [-0.15, -0.1) is 10.2 Å². The standard InChI is InChI=1S/C20H24FN5O2/c21-14-4-3-5-15-18(14)23-17(22-15)12-26-9-2-1-6-16(26)20-25-24-19(28-20)13-7-10-27-11-8-13/h3-5,13,16H,1-2,6-12H2,(H,22,23)/t16-/m1/s1. The first-order valence-electron chi connectivity index (χ1n) is 10.1. The predicted molar refractivity (Wildman–Crippen MR) is 100 cm³/mol. The van der Waals surface area contributed by atoms with Crippen molar-refractivity contribution >= 4 is 11.0 Å². The third-order valence-electron chi connectivity index (χ3n) is 5.79. The van der Waals surface area contributed by atoms with Gasteiger partial charge < -0.3 is 14.1 Å². The molecule has 0 amide bonds. The van der Waals surface area contributed by atoms with Crippen molar-refractivity contribution in [3.63, 3.8) is 0 Å². The summed E-state index contributed by atoms with van der Waals surface area (Å²) in [5, 5.41) is 8.71. The third kappa shape index (κ3) is 3.42. The number of hydrogen-bond acceptors (Lipinski definition) is 6. The lowest BCUT2D eigenvalue weighted by molar-refractivity contribution is 0.0766. The molecule has 3 aromatic rings. The van der Waals surface area contributed by atoms with Crippen LogP contribution in [0.1, 0.15) is 61.7 Å². The van der Waals surface area contributed by atoms with Crippen molar-refractivity contribution < 1.29 is 13.5 Å². The van der Waals surface area contributed by atoms with Crippen LogP contribution in [0.25, 0.3) is 11.0 Å². The summed E-state index contributed by atoms with van der Waals surface area (Å²) < 4.78 is 25.5. The summed E-state index contributed by atoms with van der Waals surface area (Å²) in [5.41, 5.74) is 1.12. The Morgan fingerprint density at radius 3 is 2.82 bits per heavy atom. The van der Waals surface area contributed by atoms with Crippen LogP contribution in [0.15, 0.2) is 22.6 Å². The molecule has 2 aliphatic heterocycles. The maximum absolute atomic E-state index is 14.0. The summed E-state index contributed by atoms with van der Waals surface area (Å²) in [6.45, 7) is 3.04. The van der Waals surface area contributed by atoms with Gasteiger partial charge in [-0.2, -0.15) is 0 Å². The fourth-order valence-corrected chi connectivity index (χ4v) is 4.27. The Morgan fingerprint density at radius 1 is 1.11 bits per heavy atom. The molecule has 0 aliphatic carbocycles. The normalized spacial score (nSPS) is 22.1. The molecule has 2 saturated heterocycles. The van der Waals surface area contributed by atoms with E-state index in [9.17, 15) is 4.39 Å². The van der Waals surface area contributed by atoms with Gasteiger partial charge in [0.2, 0.25) is 11.8 Å². The van der Waals surface area contributed by atoms with Crippen LogP contribution in [-0.2, 0) is 11.3 Å². The van der Waals surface area contributed by atoms with Crippen LogP contribution in [0.4, 0.5) is 4.39 Å². The first-order chi connectivity index (χ1) is 13.8. The fourth-order valence-electron chi connectivity index (χ4n) is 4.27. The summed E-state index contributed by atoms with van der Waals surface area (Å²) >= 11 is 0. The van der Waals surface area contributed by atoms with Gasteiger partial charge in [-0.05, 0) is 44.4 Å². The number of ether oxygens (including phenoxy) is 1. The highest BCUT2D eigenvalue weighted by atomic mass is 19.1. The Morgan fingerprint density at radius 2 is 1.96 bits per heavy atom. The van der Waals surface area contributed by atoms with Gasteiger partial charge in [0, 0.05) is 19.1 Å². The molecule has 5 rings (SSSR count). The molecule has 0 unspecified atom stereocenters. The average molecular weight is 385 g/mol. The van der Waals surface area contributed by atoms with Gasteiger partial charge >= 0.3 is 0 Å². The van der Waals surface area contributed by atoms with E-state index in [1.807, 2.05) is 6.07 Å². The Bertz CT molecular complexity index is 949. The zero-order valence-electron chi connectivity index (χ0n) is 15.7. The predicted octanol–water partition coefficient (Wildman–Crippen LogP) is 3.71. The Labute approximate surface area is 162 Å². The van der Waals surface area contributed by atoms with Crippen molar-refractivity contribution in [1.29, 1.82) is 0 Å². The maximum atomic E-state index is 14.0. The number of fused-ring (bicyclic) bond motifs is 1. The summed E-state index contributed by atoms with van der Waals surface area (Å²) in [5.74, 6) is 2.17. The molecule has 1 atom stereocenters. The Balaban J connectivity index is 1.36. The summed E-state index contributed by atoms with van der Waals surface area (Å²) in [7, 11) is 0. The highest BCUT2D eigenvalue weighted by Crippen LogP contribution is 2.33. The minimum absolute atomic E-state index is 0.0768. The highest BCUT2D eigenvalue weighted by Gasteiger charge is 2.31. The third-order valence-corrected chi connectivity index (χ3v) is 5.79. The molecule has 2 aliphatic rings. The maximum Gasteiger partial charge on any atom is 0.233 e. The number of para-hydroxylation sites is 1. The highest BCUT2D eigenvalue weighted by molar-refractivity contribution is 5.75. The lowest BCUT2D eigenvalue weighted by atomic mass is 10.0. The molecular formula is C20H24FN5O2. The molecule has 2 fully saturated rings. The molecule has 148 valence electrons. The smallest absolute Gasteiger partial charge is 0.233 e. The van der Waals surface area contributed by atoms with Gasteiger partial charge in [-0.3, -0.25) is 4.90 Å². The lowest BCUT2D eigenvalue weighted by Crippen LogP contribution is -2.33. The van der Waals surface area contributed by atoms with E-state index in [-0.39, 0.29) is 11.9 Å². The van der Waals surface area contributed by atoms with Crippen LogP contribution in [0.5, 0.6) is 0 Å². The summed E-state index contributed by atoms with van der Waals surface area (Å²) in [4.78, 5) is 10.0.